The second-order valence-corrected chi connectivity index (χ2v) is 6.33. The van der Waals surface area contributed by atoms with Crippen molar-refractivity contribution in [3.63, 3.8) is 0 Å². The molecule has 0 aliphatic rings. The summed E-state index contributed by atoms with van der Waals surface area (Å²) in [7, 11) is 2.23. The molecule has 124 valence electrons. The Balaban J connectivity index is 4.15. The Hall–Kier alpha value is -0.830. The van der Waals surface area contributed by atoms with Crippen molar-refractivity contribution in [3.8, 4) is 0 Å². The van der Waals surface area contributed by atoms with Gasteiger partial charge >= 0.3 is 0 Å². The molecule has 21 heavy (non-hydrogen) atoms. The van der Waals surface area contributed by atoms with Crippen LogP contribution in [-0.4, -0.2) is 36.5 Å². The fraction of sp³-hybridized carbons (Fsp3) is 0.833. The second-order valence-electron chi connectivity index (χ2n) is 6.33. The van der Waals surface area contributed by atoms with E-state index in [4.69, 9.17) is 0 Å². The minimum Gasteiger partial charge on any atom is -0.353 e. The molecule has 0 spiro atoms. The predicted octanol–water partition coefficient (Wildman–Crippen LogP) is 4.14. The summed E-state index contributed by atoms with van der Waals surface area (Å²) >= 11 is 0. The topological polar surface area (TPSA) is 32.3 Å². The molecular formula is C18H36N2O. The Morgan fingerprint density at radius 2 is 1.86 bits per heavy atom. The van der Waals surface area contributed by atoms with Crippen LogP contribution in [0.4, 0.5) is 0 Å². The molecule has 0 aromatic rings. The number of rotatable bonds is 13. The molecule has 0 aliphatic heterocycles. The average Bonchev–Trinajstić information content (AvgIpc) is 2.47. The molecule has 0 aromatic carbocycles. The average molecular weight is 296 g/mol. The highest BCUT2D eigenvalue weighted by Gasteiger charge is 2.27. The smallest absolute Gasteiger partial charge is 0.243 e. The Morgan fingerprint density at radius 1 is 1.14 bits per heavy atom. The molecular weight excluding hydrogens is 260 g/mol. The van der Waals surface area contributed by atoms with Crippen LogP contribution in [0.15, 0.2) is 12.7 Å². The van der Waals surface area contributed by atoms with E-state index in [0.29, 0.717) is 5.54 Å². The number of nitrogens with zero attached hydrogens (tertiary/aromatic N) is 1. The number of hydrogen-bond acceptors (Lipinski definition) is 2. The lowest BCUT2D eigenvalue weighted by molar-refractivity contribution is -0.116. The fourth-order valence-corrected chi connectivity index (χ4v) is 2.85. The van der Waals surface area contributed by atoms with Crippen molar-refractivity contribution in [1.82, 2.24) is 10.2 Å². The summed E-state index contributed by atoms with van der Waals surface area (Å²) in [5.41, 5.74) is 0.297. The largest absolute Gasteiger partial charge is 0.353 e. The maximum Gasteiger partial charge on any atom is 0.243 e. The van der Waals surface area contributed by atoms with Gasteiger partial charge in [0, 0.05) is 18.6 Å². The molecule has 0 rings (SSSR count). The molecule has 3 heteroatoms. The number of unbranched alkanes of at least 4 members (excludes halogenated alkanes) is 3. The summed E-state index contributed by atoms with van der Waals surface area (Å²) in [5, 5.41) is 2.85. The van der Waals surface area contributed by atoms with E-state index in [-0.39, 0.29) is 5.91 Å². The molecule has 1 N–H and O–H groups in total. The molecule has 0 fully saturated rings. The van der Waals surface area contributed by atoms with Gasteiger partial charge in [0.1, 0.15) is 0 Å². The molecule has 0 saturated carbocycles. The van der Waals surface area contributed by atoms with E-state index < -0.39 is 0 Å². The predicted molar refractivity (Wildman–Crippen MR) is 92.5 cm³/mol. The van der Waals surface area contributed by atoms with Crippen molar-refractivity contribution in [1.29, 1.82) is 0 Å². The summed E-state index contributed by atoms with van der Waals surface area (Å²) < 4.78 is 0. The van der Waals surface area contributed by atoms with Crippen molar-refractivity contribution in [2.45, 2.75) is 77.7 Å². The number of carbonyl (C=O) groups is 1. The van der Waals surface area contributed by atoms with Gasteiger partial charge in [0.25, 0.3) is 0 Å². The van der Waals surface area contributed by atoms with Crippen LogP contribution < -0.4 is 5.32 Å². The standard InChI is InChI=1S/C18H36N2O/c1-6-9-10-11-14-18(4,13-7-2)20(5)16-12-15-19-17(21)8-3/h8H,3,6-7,9-16H2,1-2,4-5H3,(H,19,21). The van der Waals surface area contributed by atoms with E-state index in [2.05, 4.69) is 44.6 Å². The Morgan fingerprint density at radius 3 is 2.43 bits per heavy atom. The molecule has 0 aliphatic carbocycles. The molecule has 1 atom stereocenters. The lowest BCUT2D eigenvalue weighted by Crippen LogP contribution is -2.45. The lowest BCUT2D eigenvalue weighted by atomic mass is 9.87. The third kappa shape index (κ3) is 8.92. The van der Waals surface area contributed by atoms with Crippen molar-refractivity contribution in [2.75, 3.05) is 20.1 Å². The Kier molecular flexibility index (Phi) is 11.3. The maximum atomic E-state index is 11.1. The highest BCUT2D eigenvalue weighted by molar-refractivity contribution is 5.86. The van der Waals surface area contributed by atoms with Crippen LogP contribution in [0.25, 0.3) is 0 Å². The summed E-state index contributed by atoms with van der Waals surface area (Å²) in [6.07, 6.45) is 11.4. The first-order chi connectivity index (χ1) is 10.00. The summed E-state index contributed by atoms with van der Waals surface area (Å²) in [6, 6.07) is 0. The number of amides is 1. The van der Waals surface area contributed by atoms with Crippen LogP contribution in [-0.2, 0) is 4.79 Å². The first-order valence-corrected chi connectivity index (χ1v) is 8.61. The highest BCUT2D eigenvalue weighted by Crippen LogP contribution is 2.27. The van der Waals surface area contributed by atoms with Gasteiger partial charge in [-0.1, -0.05) is 52.5 Å². The number of carbonyl (C=O) groups excluding carboxylic acids is 1. The fourth-order valence-electron chi connectivity index (χ4n) is 2.85. The van der Waals surface area contributed by atoms with E-state index in [1.807, 2.05) is 0 Å². The molecule has 0 bridgehead atoms. The Bertz CT molecular complexity index is 291. The molecule has 1 unspecified atom stereocenters. The zero-order valence-corrected chi connectivity index (χ0v) is 14.7. The number of hydrogen-bond donors (Lipinski definition) is 1. The minimum atomic E-state index is -0.0754. The van der Waals surface area contributed by atoms with Crippen LogP contribution >= 0.6 is 0 Å². The maximum absolute atomic E-state index is 11.1. The van der Waals surface area contributed by atoms with E-state index in [9.17, 15) is 4.79 Å². The van der Waals surface area contributed by atoms with Gasteiger partial charge in [0.15, 0.2) is 0 Å². The summed E-state index contributed by atoms with van der Waals surface area (Å²) in [5.74, 6) is -0.0754. The molecule has 0 saturated heterocycles. The van der Waals surface area contributed by atoms with Crippen molar-refractivity contribution in [2.24, 2.45) is 0 Å². The molecule has 0 aromatic heterocycles. The molecule has 3 nitrogen and oxygen atoms in total. The van der Waals surface area contributed by atoms with Crippen LogP contribution in [0, 0.1) is 0 Å². The lowest BCUT2D eigenvalue weighted by Gasteiger charge is -2.39. The van der Waals surface area contributed by atoms with Crippen LogP contribution in [0.3, 0.4) is 0 Å². The SMILES string of the molecule is C=CC(=O)NCCCN(C)C(C)(CCC)CCCCCC. The van der Waals surface area contributed by atoms with Crippen molar-refractivity contribution >= 4 is 5.91 Å². The van der Waals surface area contributed by atoms with Gasteiger partial charge in [-0.25, -0.2) is 0 Å². The normalized spacial score (nSPS) is 14.0. The van der Waals surface area contributed by atoms with Gasteiger partial charge in [-0.15, -0.1) is 0 Å². The van der Waals surface area contributed by atoms with E-state index >= 15 is 0 Å². The van der Waals surface area contributed by atoms with Gasteiger partial charge in [0.2, 0.25) is 5.91 Å². The second kappa shape index (κ2) is 11.8. The van der Waals surface area contributed by atoms with Crippen LogP contribution in [0.5, 0.6) is 0 Å². The molecule has 0 heterocycles. The third-order valence-corrected chi connectivity index (χ3v) is 4.43. The monoisotopic (exact) mass is 296 g/mol. The van der Waals surface area contributed by atoms with Gasteiger partial charge in [-0.05, 0) is 39.3 Å². The first-order valence-electron chi connectivity index (χ1n) is 8.61. The molecule has 0 radical (unpaired) electrons. The van der Waals surface area contributed by atoms with E-state index in [1.165, 1.54) is 51.0 Å². The Labute approximate surface area is 132 Å². The third-order valence-electron chi connectivity index (χ3n) is 4.43. The zero-order chi connectivity index (χ0) is 16.1. The van der Waals surface area contributed by atoms with Crippen LogP contribution in [0.2, 0.25) is 0 Å². The minimum absolute atomic E-state index is 0.0754. The first kappa shape index (κ1) is 20.2. The van der Waals surface area contributed by atoms with Gasteiger partial charge in [0.05, 0.1) is 0 Å². The van der Waals surface area contributed by atoms with Crippen LogP contribution in [0.1, 0.15) is 72.1 Å². The highest BCUT2D eigenvalue weighted by atomic mass is 16.1. The van der Waals surface area contributed by atoms with Gasteiger partial charge < -0.3 is 10.2 Å². The van der Waals surface area contributed by atoms with Gasteiger partial charge in [-0.3, -0.25) is 4.79 Å². The van der Waals surface area contributed by atoms with Crippen molar-refractivity contribution < 1.29 is 4.79 Å². The van der Waals surface area contributed by atoms with E-state index in [1.54, 1.807) is 0 Å². The van der Waals surface area contributed by atoms with E-state index in [0.717, 1.165) is 19.5 Å². The summed E-state index contributed by atoms with van der Waals surface area (Å²) in [4.78, 5) is 13.6. The number of nitrogens with one attached hydrogen (secondary N) is 1. The van der Waals surface area contributed by atoms with Crippen molar-refractivity contribution in [3.05, 3.63) is 12.7 Å². The quantitative estimate of drug-likeness (QED) is 0.409. The van der Waals surface area contributed by atoms with Gasteiger partial charge in [-0.2, -0.15) is 0 Å². The zero-order valence-electron chi connectivity index (χ0n) is 14.7. The molecule has 1 amide bonds. The summed E-state index contributed by atoms with van der Waals surface area (Å²) in [6.45, 7) is 12.1.